The first-order chi connectivity index (χ1) is 5.57. The average Bonchev–Trinajstić information content (AvgIpc) is 2.00. The van der Waals surface area contributed by atoms with Crippen LogP contribution in [0.3, 0.4) is 0 Å². The summed E-state index contributed by atoms with van der Waals surface area (Å²) in [5.41, 5.74) is 0. The third kappa shape index (κ3) is 4.68. The first kappa shape index (κ1) is 10.9. The molecule has 1 atom stereocenters. The van der Waals surface area contributed by atoms with Gasteiger partial charge >= 0.3 is 11.9 Å². The number of esters is 1. The highest BCUT2D eigenvalue weighted by molar-refractivity contribution is 5.80. The largest absolute Gasteiger partial charge is 0.479 e. The predicted octanol–water partition coefficient (Wildman–Crippen LogP) is -0.225. The molecule has 0 aliphatic heterocycles. The van der Waals surface area contributed by atoms with Gasteiger partial charge in [0.05, 0.1) is 13.0 Å². The molecule has 0 aromatic heterocycles. The Hall–Kier alpha value is -1.10. The molecule has 5 heteroatoms. The van der Waals surface area contributed by atoms with Crippen molar-refractivity contribution >= 4 is 11.9 Å². The van der Waals surface area contributed by atoms with Gasteiger partial charge in [0, 0.05) is 0 Å². The second-order valence-electron chi connectivity index (χ2n) is 2.28. The van der Waals surface area contributed by atoms with Crippen molar-refractivity contribution < 1.29 is 24.5 Å². The lowest BCUT2D eigenvalue weighted by molar-refractivity contribution is -0.155. The fourth-order valence-corrected chi connectivity index (χ4v) is 0.520. The zero-order valence-corrected chi connectivity index (χ0v) is 6.82. The van der Waals surface area contributed by atoms with Crippen LogP contribution in [0.4, 0.5) is 0 Å². The van der Waals surface area contributed by atoms with Crippen LogP contribution in [0, 0.1) is 0 Å². The van der Waals surface area contributed by atoms with E-state index < -0.39 is 24.5 Å². The number of aliphatic hydroxyl groups is 1. The summed E-state index contributed by atoms with van der Waals surface area (Å²) in [4.78, 5) is 20.7. The topological polar surface area (TPSA) is 83.8 Å². The van der Waals surface area contributed by atoms with Crippen molar-refractivity contribution in [1.29, 1.82) is 0 Å². The maximum absolute atomic E-state index is 10.7. The maximum Gasteiger partial charge on any atom is 0.333 e. The van der Waals surface area contributed by atoms with Gasteiger partial charge in [0.25, 0.3) is 0 Å². The van der Waals surface area contributed by atoms with Crippen LogP contribution in [0.15, 0.2) is 0 Å². The number of hydrogen-bond donors (Lipinski definition) is 2. The molecular weight excluding hydrogens is 164 g/mol. The fraction of sp³-hybridized carbons (Fsp3) is 0.714. The Balaban J connectivity index is 3.61. The standard InChI is InChI=1S/C7H12O5/c1-2-3-12-6(9)4-5(8)7(10)11/h5,8H,2-4H2,1H3,(H,10,11). The molecule has 5 nitrogen and oxygen atoms in total. The lowest BCUT2D eigenvalue weighted by Crippen LogP contribution is -2.24. The third-order valence-corrected chi connectivity index (χ3v) is 1.11. The van der Waals surface area contributed by atoms with Gasteiger partial charge in [0.2, 0.25) is 0 Å². The number of aliphatic hydroxyl groups excluding tert-OH is 1. The van der Waals surface area contributed by atoms with E-state index in [-0.39, 0.29) is 6.61 Å². The molecule has 0 bridgehead atoms. The van der Waals surface area contributed by atoms with Gasteiger partial charge in [-0.15, -0.1) is 0 Å². The van der Waals surface area contributed by atoms with Gasteiger partial charge in [-0.1, -0.05) is 6.92 Å². The van der Waals surface area contributed by atoms with Gasteiger partial charge in [-0.3, -0.25) is 4.79 Å². The van der Waals surface area contributed by atoms with E-state index in [1.165, 1.54) is 0 Å². The summed E-state index contributed by atoms with van der Waals surface area (Å²) in [6, 6.07) is 0. The summed E-state index contributed by atoms with van der Waals surface area (Å²) >= 11 is 0. The number of carbonyl (C=O) groups excluding carboxylic acids is 1. The van der Waals surface area contributed by atoms with Crippen LogP contribution in [0.2, 0.25) is 0 Å². The molecule has 1 unspecified atom stereocenters. The van der Waals surface area contributed by atoms with Gasteiger partial charge in [-0.05, 0) is 6.42 Å². The number of carboxylic acids is 1. The van der Waals surface area contributed by atoms with Crippen molar-refractivity contribution in [2.24, 2.45) is 0 Å². The summed E-state index contributed by atoms with van der Waals surface area (Å²) in [7, 11) is 0. The summed E-state index contributed by atoms with van der Waals surface area (Å²) in [5.74, 6) is -2.10. The number of ether oxygens (including phenoxy) is 1. The van der Waals surface area contributed by atoms with Crippen LogP contribution >= 0.6 is 0 Å². The lowest BCUT2D eigenvalue weighted by atomic mass is 10.2. The van der Waals surface area contributed by atoms with E-state index in [0.717, 1.165) is 0 Å². The molecule has 0 amide bonds. The SMILES string of the molecule is CCCOC(=O)CC(O)C(=O)O. The van der Waals surface area contributed by atoms with E-state index in [2.05, 4.69) is 4.74 Å². The van der Waals surface area contributed by atoms with E-state index in [1.54, 1.807) is 0 Å². The van der Waals surface area contributed by atoms with E-state index in [0.29, 0.717) is 6.42 Å². The quantitative estimate of drug-likeness (QED) is 0.565. The normalized spacial score (nSPS) is 12.2. The number of hydrogen-bond acceptors (Lipinski definition) is 4. The molecule has 0 aliphatic rings. The Morgan fingerprint density at radius 2 is 2.08 bits per heavy atom. The lowest BCUT2D eigenvalue weighted by Gasteiger charge is -2.04. The van der Waals surface area contributed by atoms with E-state index in [9.17, 15) is 9.59 Å². The Labute approximate surface area is 70.0 Å². The van der Waals surface area contributed by atoms with Gasteiger partial charge in [-0.25, -0.2) is 4.79 Å². The van der Waals surface area contributed by atoms with Gasteiger partial charge in [0.1, 0.15) is 0 Å². The monoisotopic (exact) mass is 176 g/mol. The molecule has 0 saturated heterocycles. The van der Waals surface area contributed by atoms with Crippen molar-refractivity contribution in [3.8, 4) is 0 Å². The summed E-state index contributed by atoms with van der Waals surface area (Å²) in [6.07, 6.45) is -1.47. The molecule has 0 saturated carbocycles. The average molecular weight is 176 g/mol. The first-order valence-corrected chi connectivity index (χ1v) is 3.64. The molecular formula is C7H12O5. The van der Waals surface area contributed by atoms with Crippen LogP contribution in [0.5, 0.6) is 0 Å². The smallest absolute Gasteiger partial charge is 0.333 e. The summed E-state index contributed by atoms with van der Waals surface area (Å²) < 4.78 is 4.55. The van der Waals surface area contributed by atoms with Crippen LogP contribution < -0.4 is 0 Å². The molecule has 70 valence electrons. The predicted molar refractivity (Wildman–Crippen MR) is 39.5 cm³/mol. The van der Waals surface area contributed by atoms with E-state index >= 15 is 0 Å². The molecule has 0 radical (unpaired) electrons. The minimum Gasteiger partial charge on any atom is -0.479 e. The number of aliphatic carboxylic acids is 1. The highest BCUT2D eigenvalue weighted by atomic mass is 16.5. The molecule has 12 heavy (non-hydrogen) atoms. The van der Waals surface area contributed by atoms with Gasteiger partial charge in [-0.2, -0.15) is 0 Å². The second-order valence-corrected chi connectivity index (χ2v) is 2.28. The third-order valence-electron chi connectivity index (χ3n) is 1.11. The van der Waals surface area contributed by atoms with Crippen LogP contribution in [-0.2, 0) is 14.3 Å². The number of carbonyl (C=O) groups is 2. The zero-order valence-electron chi connectivity index (χ0n) is 6.82. The highest BCUT2D eigenvalue weighted by Gasteiger charge is 2.18. The first-order valence-electron chi connectivity index (χ1n) is 3.64. The minimum absolute atomic E-state index is 0.255. The van der Waals surface area contributed by atoms with Crippen LogP contribution in [-0.4, -0.2) is 34.9 Å². The molecule has 2 N–H and O–H groups in total. The minimum atomic E-state index is -1.66. The zero-order chi connectivity index (χ0) is 9.56. The van der Waals surface area contributed by atoms with Crippen molar-refractivity contribution in [2.45, 2.75) is 25.9 Å². The van der Waals surface area contributed by atoms with Gasteiger partial charge in [0.15, 0.2) is 6.10 Å². The van der Waals surface area contributed by atoms with Gasteiger partial charge < -0.3 is 14.9 Å². The second kappa shape index (κ2) is 5.54. The maximum atomic E-state index is 10.7. The molecule has 0 rings (SSSR count). The molecule has 0 aromatic rings. The Morgan fingerprint density at radius 3 is 2.50 bits per heavy atom. The van der Waals surface area contributed by atoms with Crippen molar-refractivity contribution in [3.05, 3.63) is 0 Å². The Morgan fingerprint density at radius 1 is 1.50 bits per heavy atom. The molecule has 0 fully saturated rings. The summed E-state index contributed by atoms with van der Waals surface area (Å²) in [6.45, 7) is 2.08. The molecule has 0 aromatic carbocycles. The number of rotatable bonds is 5. The van der Waals surface area contributed by atoms with Crippen molar-refractivity contribution in [2.75, 3.05) is 6.61 Å². The fourth-order valence-electron chi connectivity index (χ4n) is 0.520. The van der Waals surface area contributed by atoms with Crippen molar-refractivity contribution in [3.63, 3.8) is 0 Å². The van der Waals surface area contributed by atoms with Crippen LogP contribution in [0.25, 0.3) is 0 Å². The highest BCUT2D eigenvalue weighted by Crippen LogP contribution is 1.95. The molecule has 0 heterocycles. The number of carboxylic acid groups (broad SMARTS) is 1. The Kier molecular flexibility index (Phi) is 5.03. The van der Waals surface area contributed by atoms with Crippen LogP contribution in [0.1, 0.15) is 19.8 Å². The Bertz CT molecular complexity index is 165. The van der Waals surface area contributed by atoms with E-state index in [4.69, 9.17) is 10.2 Å². The molecule has 0 aliphatic carbocycles. The molecule has 0 spiro atoms. The van der Waals surface area contributed by atoms with E-state index in [1.807, 2.05) is 6.92 Å². The van der Waals surface area contributed by atoms with Crippen molar-refractivity contribution in [1.82, 2.24) is 0 Å². The summed E-state index contributed by atoms with van der Waals surface area (Å²) in [5, 5.41) is 16.9.